The minimum Gasteiger partial charge on any atom is -0.363 e. The van der Waals surface area contributed by atoms with Crippen LogP contribution in [0.1, 0.15) is 57.3 Å². The Kier molecular flexibility index (Phi) is 6.02. The molecule has 1 aliphatic heterocycles. The van der Waals surface area contributed by atoms with Gasteiger partial charge in [-0.2, -0.15) is 0 Å². The largest absolute Gasteiger partial charge is 0.363 e. The van der Waals surface area contributed by atoms with Gasteiger partial charge in [0.1, 0.15) is 5.82 Å². The van der Waals surface area contributed by atoms with Gasteiger partial charge in [-0.1, -0.05) is 19.8 Å². The Labute approximate surface area is 150 Å². The van der Waals surface area contributed by atoms with Gasteiger partial charge in [0.2, 0.25) is 0 Å². The minimum absolute atomic E-state index is 0.0265. The highest BCUT2D eigenvalue weighted by atomic mass is 16.5. The summed E-state index contributed by atoms with van der Waals surface area (Å²) in [5.41, 5.74) is 0.310. The van der Waals surface area contributed by atoms with Gasteiger partial charge in [0.25, 0.3) is 5.91 Å². The predicted molar refractivity (Wildman–Crippen MR) is 96.1 cm³/mol. The summed E-state index contributed by atoms with van der Waals surface area (Å²) >= 11 is 0. The zero-order chi connectivity index (χ0) is 17.7. The van der Waals surface area contributed by atoms with Crippen LogP contribution >= 0.6 is 0 Å². The van der Waals surface area contributed by atoms with Crippen LogP contribution in [-0.4, -0.2) is 52.1 Å². The number of hydrogen-bond donors (Lipinski definition) is 1. The molecule has 2 aliphatic rings. The fourth-order valence-electron chi connectivity index (χ4n) is 3.71. The number of nitrogens with one attached hydrogen (secondary N) is 1. The van der Waals surface area contributed by atoms with E-state index in [2.05, 4.69) is 27.1 Å². The van der Waals surface area contributed by atoms with E-state index >= 15 is 0 Å². The molecule has 1 N–H and O–H groups in total. The SMILES string of the molecule is CCCc1ncc(CN2CCO[C@](C)(C(=O)NC3CCCC3)C2)cn1. The Balaban J connectivity index is 1.56. The molecular weight excluding hydrogens is 316 g/mol. The van der Waals surface area contributed by atoms with Crippen LogP contribution in [-0.2, 0) is 22.5 Å². The Morgan fingerprint density at radius 1 is 1.36 bits per heavy atom. The van der Waals surface area contributed by atoms with Crippen LogP contribution in [0.3, 0.4) is 0 Å². The lowest BCUT2D eigenvalue weighted by Gasteiger charge is -2.39. The Morgan fingerprint density at radius 2 is 2.08 bits per heavy atom. The van der Waals surface area contributed by atoms with Gasteiger partial charge < -0.3 is 10.1 Å². The van der Waals surface area contributed by atoms with Crippen molar-refractivity contribution in [1.82, 2.24) is 20.2 Å². The smallest absolute Gasteiger partial charge is 0.253 e. The third-order valence-corrected chi connectivity index (χ3v) is 5.16. The lowest BCUT2D eigenvalue weighted by molar-refractivity contribution is -0.157. The number of hydrogen-bond acceptors (Lipinski definition) is 5. The molecule has 2 heterocycles. The molecule has 2 fully saturated rings. The Morgan fingerprint density at radius 3 is 2.76 bits per heavy atom. The predicted octanol–water partition coefficient (Wildman–Crippen LogP) is 2.08. The summed E-state index contributed by atoms with van der Waals surface area (Å²) in [7, 11) is 0. The lowest BCUT2D eigenvalue weighted by Crippen LogP contribution is -2.59. The fourth-order valence-corrected chi connectivity index (χ4v) is 3.71. The molecule has 1 atom stereocenters. The summed E-state index contributed by atoms with van der Waals surface area (Å²) in [6.45, 7) is 6.78. The van der Waals surface area contributed by atoms with E-state index in [4.69, 9.17) is 4.74 Å². The molecule has 25 heavy (non-hydrogen) atoms. The Bertz CT molecular complexity index is 571. The summed E-state index contributed by atoms with van der Waals surface area (Å²) < 4.78 is 5.87. The molecular formula is C19H30N4O2. The summed E-state index contributed by atoms with van der Waals surface area (Å²) in [6.07, 6.45) is 10.4. The van der Waals surface area contributed by atoms with E-state index in [1.807, 2.05) is 19.3 Å². The van der Waals surface area contributed by atoms with Crippen molar-refractivity contribution in [3.05, 3.63) is 23.8 Å². The second kappa shape index (κ2) is 8.23. The zero-order valence-corrected chi connectivity index (χ0v) is 15.5. The third kappa shape index (κ3) is 4.76. The van der Waals surface area contributed by atoms with Crippen molar-refractivity contribution in [3.8, 4) is 0 Å². The number of aromatic nitrogens is 2. The van der Waals surface area contributed by atoms with Gasteiger partial charge in [0, 0.05) is 50.1 Å². The third-order valence-electron chi connectivity index (χ3n) is 5.16. The number of nitrogens with zero attached hydrogens (tertiary/aromatic N) is 3. The molecule has 1 saturated carbocycles. The molecule has 0 bridgehead atoms. The van der Waals surface area contributed by atoms with Crippen LogP contribution in [0.15, 0.2) is 12.4 Å². The first kappa shape index (κ1) is 18.3. The zero-order valence-electron chi connectivity index (χ0n) is 15.5. The molecule has 0 spiro atoms. The average Bonchev–Trinajstić information content (AvgIpc) is 3.10. The highest BCUT2D eigenvalue weighted by molar-refractivity contribution is 5.85. The first-order chi connectivity index (χ1) is 12.1. The van der Waals surface area contributed by atoms with Crippen LogP contribution in [0, 0.1) is 0 Å². The molecule has 138 valence electrons. The van der Waals surface area contributed by atoms with Crippen molar-refractivity contribution in [3.63, 3.8) is 0 Å². The topological polar surface area (TPSA) is 67.4 Å². The summed E-state index contributed by atoms with van der Waals surface area (Å²) in [4.78, 5) is 23.8. The first-order valence-corrected chi connectivity index (χ1v) is 9.56. The molecule has 1 aliphatic carbocycles. The van der Waals surface area contributed by atoms with Crippen molar-refractivity contribution in [2.24, 2.45) is 0 Å². The van der Waals surface area contributed by atoms with E-state index in [1.54, 1.807) is 0 Å². The Hall–Kier alpha value is -1.53. The summed E-state index contributed by atoms with van der Waals surface area (Å²) in [6, 6.07) is 0.322. The quantitative estimate of drug-likeness (QED) is 0.854. The van der Waals surface area contributed by atoms with Crippen molar-refractivity contribution in [2.45, 2.75) is 70.6 Å². The number of amides is 1. The van der Waals surface area contributed by atoms with Crippen molar-refractivity contribution in [1.29, 1.82) is 0 Å². The van der Waals surface area contributed by atoms with E-state index in [0.717, 1.165) is 50.2 Å². The average molecular weight is 346 g/mol. The molecule has 6 heteroatoms. The van der Waals surface area contributed by atoms with Crippen LogP contribution < -0.4 is 5.32 Å². The second-order valence-electron chi connectivity index (χ2n) is 7.50. The number of morpholine rings is 1. The molecule has 3 rings (SSSR count). The van der Waals surface area contributed by atoms with E-state index < -0.39 is 5.60 Å². The second-order valence-corrected chi connectivity index (χ2v) is 7.50. The molecule has 1 amide bonds. The number of ether oxygens (including phenoxy) is 1. The van der Waals surface area contributed by atoms with Crippen LogP contribution in [0.5, 0.6) is 0 Å². The lowest BCUT2D eigenvalue weighted by atomic mass is 10.0. The van der Waals surface area contributed by atoms with Crippen molar-refractivity contribution in [2.75, 3.05) is 19.7 Å². The van der Waals surface area contributed by atoms with Crippen molar-refractivity contribution < 1.29 is 9.53 Å². The van der Waals surface area contributed by atoms with Gasteiger partial charge in [0.05, 0.1) is 6.61 Å². The maximum atomic E-state index is 12.7. The molecule has 1 aromatic heterocycles. The maximum Gasteiger partial charge on any atom is 0.253 e. The van der Waals surface area contributed by atoms with Crippen LogP contribution in [0.4, 0.5) is 0 Å². The molecule has 0 aromatic carbocycles. The summed E-state index contributed by atoms with van der Waals surface area (Å²) in [5.74, 6) is 0.924. The van der Waals surface area contributed by atoms with Gasteiger partial charge in [-0.25, -0.2) is 9.97 Å². The molecule has 0 radical (unpaired) electrons. The van der Waals surface area contributed by atoms with Crippen molar-refractivity contribution >= 4 is 5.91 Å². The fraction of sp³-hybridized carbons (Fsp3) is 0.737. The number of carbonyl (C=O) groups excluding carboxylic acids is 1. The van der Waals surface area contributed by atoms with E-state index in [0.29, 0.717) is 19.2 Å². The highest BCUT2D eigenvalue weighted by Crippen LogP contribution is 2.23. The summed E-state index contributed by atoms with van der Waals surface area (Å²) in [5, 5.41) is 3.18. The standard InChI is InChI=1S/C19H30N4O2/c1-3-6-17-20-11-15(12-21-17)13-23-9-10-25-19(2,14-23)18(24)22-16-7-4-5-8-16/h11-12,16H,3-10,13-14H2,1-2H3,(H,22,24)/t19-/m0/s1. The number of aryl methyl sites for hydroxylation is 1. The normalized spacial score (nSPS) is 25.2. The molecule has 0 unspecified atom stereocenters. The number of carbonyl (C=O) groups is 1. The molecule has 6 nitrogen and oxygen atoms in total. The van der Waals surface area contributed by atoms with Crippen LogP contribution in [0.25, 0.3) is 0 Å². The molecule has 1 aromatic rings. The first-order valence-electron chi connectivity index (χ1n) is 9.56. The minimum atomic E-state index is -0.774. The van der Waals surface area contributed by atoms with E-state index in [-0.39, 0.29) is 5.91 Å². The maximum absolute atomic E-state index is 12.7. The van der Waals surface area contributed by atoms with Gasteiger partial charge in [-0.3, -0.25) is 9.69 Å². The van der Waals surface area contributed by atoms with Gasteiger partial charge >= 0.3 is 0 Å². The highest BCUT2D eigenvalue weighted by Gasteiger charge is 2.40. The number of rotatable bonds is 6. The van der Waals surface area contributed by atoms with Crippen LogP contribution in [0.2, 0.25) is 0 Å². The van der Waals surface area contributed by atoms with E-state index in [9.17, 15) is 4.79 Å². The molecule has 1 saturated heterocycles. The van der Waals surface area contributed by atoms with Gasteiger partial charge in [-0.15, -0.1) is 0 Å². The van der Waals surface area contributed by atoms with E-state index in [1.165, 1.54) is 12.8 Å². The van der Waals surface area contributed by atoms with Gasteiger partial charge in [-0.05, 0) is 26.2 Å². The monoisotopic (exact) mass is 346 g/mol. The van der Waals surface area contributed by atoms with Gasteiger partial charge in [0.15, 0.2) is 5.60 Å².